The molecule has 1 aliphatic carbocycles. The molecule has 3 nitrogen and oxygen atoms in total. The maximum absolute atomic E-state index is 9.77. The van der Waals surface area contributed by atoms with Crippen molar-refractivity contribution in [3.8, 4) is 0 Å². The highest BCUT2D eigenvalue weighted by atomic mass is 32.1. The van der Waals surface area contributed by atoms with E-state index < -0.39 is 6.10 Å². The zero-order valence-corrected chi connectivity index (χ0v) is 12.1. The maximum Gasteiger partial charge on any atom is 0.0755 e. The SMILES string of the molecule is CO[C@H](/C=C/[C@@H]1C[C@@H](O)C[C@H]1O)CCc1ccsc1. The summed E-state index contributed by atoms with van der Waals surface area (Å²) in [5.74, 6) is 0.0637. The van der Waals surface area contributed by atoms with Crippen molar-refractivity contribution in [2.75, 3.05) is 7.11 Å². The van der Waals surface area contributed by atoms with Crippen LogP contribution in [0.3, 0.4) is 0 Å². The van der Waals surface area contributed by atoms with Gasteiger partial charge in [-0.1, -0.05) is 12.2 Å². The van der Waals surface area contributed by atoms with Crippen molar-refractivity contribution < 1.29 is 14.9 Å². The summed E-state index contributed by atoms with van der Waals surface area (Å²) in [6.07, 6.45) is 6.40. The molecule has 0 spiro atoms. The van der Waals surface area contributed by atoms with Crippen LogP contribution in [-0.4, -0.2) is 35.6 Å². The highest BCUT2D eigenvalue weighted by Crippen LogP contribution is 2.27. The Morgan fingerprint density at radius 3 is 2.89 bits per heavy atom. The van der Waals surface area contributed by atoms with Gasteiger partial charge in [-0.2, -0.15) is 11.3 Å². The second-order valence-corrected chi connectivity index (χ2v) is 5.97. The van der Waals surface area contributed by atoms with E-state index in [4.69, 9.17) is 4.74 Å². The van der Waals surface area contributed by atoms with Crippen LogP contribution in [-0.2, 0) is 11.2 Å². The van der Waals surface area contributed by atoms with E-state index in [0.29, 0.717) is 12.8 Å². The predicted octanol–water partition coefficient (Wildman–Crippen LogP) is 2.38. The van der Waals surface area contributed by atoms with Gasteiger partial charge in [0.15, 0.2) is 0 Å². The van der Waals surface area contributed by atoms with Crippen molar-refractivity contribution in [2.45, 2.75) is 44.0 Å². The first-order valence-corrected chi connectivity index (χ1v) is 7.71. The van der Waals surface area contributed by atoms with Crippen LogP contribution in [0.5, 0.6) is 0 Å². The highest BCUT2D eigenvalue weighted by Gasteiger charge is 2.29. The number of aryl methyl sites for hydroxylation is 1. The van der Waals surface area contributed by atoms with Gasteiger partial charge in [-0.25, -0.2) is 0 Å². The fourth-order valence-electron chi connectivity index (χ4n) is 2.53. The van der Waals surface area contributed by atoms with E-state index in [1.165, 1.54) is 5.56 Å². The molecule has 1 aromatic heterocycles. The Morgan fingerprint density at radius 1 is 1.47 bits per heavy atom. The first-order chi connectivity index (χ1) is 9.19. The quantitative estimate of drug-likeness (QED) is 0.788. The average molecular weight is 282 g/mol. The monoisotopic (exact) mass is 282 g/mol. The van der Waals surface area contributed by atoms with E-state index in [9.17, 15) is 10.2 Å². The molecule has 0 amide bonds. The average Bonchev–Trinajstić information content (AvgIpc) is 3.00. The third-order valence-electron chi connectivity index (χ3n) is 3.73. The van der Waals surface area contributed by atoms with Gasteiger partial charge < -0.3 is 14.9 Å². The van der Waals surface area contributed by atoms with E-state index in [0.717, 1.165) is 12.8 Å². The third-order valence-corrected chi connectivity index (χ3v) is 4.46. The minimum Gasteiger partial charge on any atom is -0.393 e. The van der Waals surface area contributed by atoms with Gasteiger partial charge in [-0.05, 0) is 48.1 Å². The minimum atomic E-state index is -0.416. The number of hydrogen-bond acceptors (Lipinski definition) is 4. The van der Waals surface area contributed by atoms with Crippen molar-refractivity contribution in [3.63, 3.8) is 0 Å². The summed E-state index contributed by atoms with van der Waals surface area (Å²) in [6.45, 7) is 0. The van der Waals surface area contributed by atoms with Crippen molar-refractivity contribution in [2.24, 2.45) is 5.92 Å². The molecule has 0 aliphatic heterocycles. The summed E-state index contributed by atoms with van der Waals surface area (Å²) in [7, 11) is 1.71. The smallest absolute Gasteiger partial charge is 0.0755 e. The number of rotatable bonds is 6. The van der Waals surface area contributed by atoms with Crippen LogP contribution in [0.2, 0.25) is 0 Å². The van der Waals surface area contributed by atoms with E-state index in [1.807, 2.05) is 12.2 Å². The Morgan fingerprint density at radius 2 is 2.32 bits per heavy atom. The zero-order chi connectivity index (χ0) is 13.7. The Hall–Kier alpha value is -0.680. The van der Waals surface area contributed by atoms with Crippen molar-refractivity contribution in [3.05, 3.63) is 34.5 Å². The summed E-state index contributed by atoms with van der Waals surface area (Å²) in [5, 5.41) is 23.5. The molecule has 2 N–H and O–H groups in total. The van der Waals surface area contributed by atoms with Crippen LogP contribution >= 0.6 is 11.3 Å². The van der Waals surface area contributed by atoms with Crippen molar-refractivity contribution >= 4 is 11.3 Å². The summed E-state index contributed by atoms with van der Waals surface area (Å²) >= 11 is 1.71. The Balaban J connectivity index is 1.81. The van der Waals surface area contributed by atoms with Gasteiger partial charge in [0.25, 0.3) is 0 Å². The number of ether oxygens (including phenoxy) is 1. The molecule has 0 bridgehead atoms. The molecular weight excluding hydrogens is 260 g/mol. The number of hydrogen-bond donors (Lipinski definition) is 2. The normalized spacial score (nSPS) is 29.1. The molecule has 4 heteroatoms. The number of thiophene rings is 1. The lowest BCUT2D eigenvalue weighted by Crippen LogP contribution is -2.13. The predicted molar refractivity (Wildman–Crippen MR) is 77.3 cm³/mol. The van der Waals surface area contributed by atoms with Gasteiger partial charge in [-0.15, -0.1) is 0 Å². The van der Waals surface area contributed by atoms with E-state index in [2.05, 4.69) is 16.8 Å². The highest BCUT2D eigenvalue weighted by molar-refractivity contribution is 7.07. The molecule has 1 heterocycles. The van der Waals surface area contributed by atoms with Gasteiger partial charge in [0.05, 0.1) is 18.3 Å². The molecule has 4 atom stereocenters. The van der Waals surface area contributed by atoms with Gasteiger partial charge in [0.2, 0.25) is 0 Å². The number of aliphatic hydroxyl groups is 2. The molecule has 1 fully saturated rings. The van der Waals surface area contributed by atoms with Gasteiger partial charge in [0, 0.05) is 13.0 Å². The summed E-state index contributed by atoms with van der Waals surface area (Å²) in [5.41, 5.74) is 1.34. The largest absolute Gasteiger partial charge is 0.393 e. The van der Waals surface area contributed by atoms with Gasteiger partial charge in [0.1, 0.15) is 0 Å². The lowest BCUT2D eigenvalue weighted by Gasteiger charge is -2.13. The Kier molecular flexibility index (Phi) is 5.58. The maximum atomic E-state index is 9.77. The lowest BCUT2D eigenvalue weighted by atomic mass is 10.0. The van der Waals surface area contributed by atoms with Crippen LogP contribution in [0.15, 0.2) is 29.0 Å². The van der Waals surface area contributed by atoms with Crippen molar-refractivity contribution in [1.82, 2.24) is 0 Å². The molecule has 0 radical (unpaired) electrons. The molecule has 106 valence electrons. The van der Waals surface area contributed by atoms with Gasteiger partial charge >= 0.3 is 0 Å². The Labute approximate surface area is 118 Å². The van der Waals surface area contributed by atoms with E-state index in [-0.39, 0.29) is 18.1 Å². The third kappa shape index (κ3) is 4.42. The second-order valence-electron chi connectivity index (χ2n) is 5.19. The second kappa shape index (κ2) is 7.20. The molecule has 1 aliphatic rings. The first-order valence-electron chi connectivity index (χ1n) is 6.77. The molecule has 2 rings (SSSR count). The van der Waals surface area contributed by atoms with Crippen LogP contribution in [0.25, 0.3) is 0 Å². The van der Waals surface area contributed by atoms with Crippen LogP contribution < -0.4 is 0 Å². The lowest BCUT2D eigenvalue weighted by molar-refractivity contribution is 0.125. The summed E-state index contributed by atoms with van der Waals surface area (Å²) in [6, 6.07) is 2.14. The topological polar surface area (TPSA) is 49.7 Å². The molecule has 0 aromatic carbocycles. The molecule has 19 heavy (non-hydrogen) atoms. The summed E-state index contributed by atoms with van der Waals surface area (Å²) < 4.78 is 5.44. The number of aliphatic hydroxyl groups excluding tert-OH is 2. The molecular formula is C15H22O3S. The van der Waals surface area contributed by atoms with E-state index in [1.54, 1.807) is 18.4 Å². The van der Waals surface area contributed by atoms with Gasteiger partial charge in [-0.3, -0.25) is 0 Å². The molecule has 1 aromatic rings. The zero-order valence-electron chi connectivity index (χ0n) is 11.2. The fraction of sp³-hybridized carbons (Fsp3) is 0.600. The van der Waals surface area contributed by atoms with Crippen molar-refractivity contribution in [1.29, 1.82) is 0 Å². The fourth-order valence-corrected chi connectivity index (χ4v) is 3.23. The molecule has 0 saturated heterocycles. The van der Waals surface area contributed by atoms with Crippen LogP contribution in [0.4, 0.5) is 0 Å². The number of methoxy groups -OCH3 is 1. The minimum absolute atomic E-state index is 0.0637. The summed E-state index contributed by atoms with van der Waals surface area (Å²) in [4.78, 5) is 0. The van der Waals surface area contributed by atoms with Crippen LogP contribution in [0, 0.1) is 5.92 Å². The standard InChI is InChI=1S/C15H22O3S/c1-18-14(4-2-11-6-7-19-10-11)5-3-12-8-13(16)9-15(12)17/h3,5-7,10,12-17H,2,4,8-9H2,1H3/b5-3+/t12-,13-,14+,15-/m1/s1. The first kappa shape index (κ1) is 14.7. The Bertz CT molecular complexity index is 388. The van der Waals surface area contributed by atoms with E-state index >= 15 is 0 Å². The molecule has 0 unspecified atom stereocenters. The van der Waals surface area contributed by atoms with Crippen LogP contribution in [0.1, 0.15) is 24.8 Å². The molecule has 1 saturated carbocycles.